The van der Waals surface area contributed by atoms with E-state index in [0.29, 0.717) is 24.4 Å². The number of carbonyl (C=O) groups excluding carboxylic acids is 2. The van der Waals surface area contributed by atoms with Crippen molar-refractivity contribution >= 4 is 17.7 Å². The molecule has 2 aliphatic heterocycles. The number of esters is 1. The molecule has 35 heavy (non-hydrogen) atoms. The number of rotatable bonds is 8. The summed E-state index contributed by atoms with van der Waals surface area (Å²) >= 11 is 0. The van der Waals surface area contributed by atoms with E-state index in [-0.39, 0.29) is 12.6 Å². The number of aryl methyl sites for hydroxylation is 1. The molecule has 0 bridgehead atoms. The summed E-state index contributed by atoms with van der Waals surface area (Å²) in [6, 6.07) is 15.1. The van der Waals surface area contributed by atoms with Crippen molar-refractivity contribution in [1.82, 2.24) is 15.5 Å². The monoisotopic (exact) mass is 478 g/mol. The molecule has 2 aromatic carbocycles. The summed E-state index contributed by atoms with van der Waals surface area (Å²) in [5, 5.41) is 5.79. The van der Waals surface area contributed by atoms with Crippen LogP contribution < -0.4 is 20.3 Å². The van der Waals surface area contributed by atoms with Crippen LogP contribution in [0.2, 0.25) is 0 Å². The molecule has 1 atom stereocenters. The molecule has 1 saturated heterocycles. The zero-order chi connectivity index (χ0) is 24.8. The number of piperazine rings is 1. The Bertz CT molecular complexity index is 1070. The van der Waals surface area contributed by atoms with Gasteiger partial charge in [0.15, 0.2) is 0 Å². The van der Waals surface area contributed by atoms with Crippen LogP contribution >= 0.6 is 0 Å². The Kier molecular flexibility index (Phi) is 7.92. The normalized spacial score (nSPS) is 18.7. The van der Waals surface area contributed by atoms with Crippen LogP contribution in [0.15, 0.2) is 59.8 Å². The Morgan fingerprint density at radius 2 is 1.71 bits per heavy atom. The van der Waals surface area contributed by atoms with Gasteiger partial charge in [0.2, 0.25) is 0 Å². The van der Waals surface area contributed by atoms with Gasteiger partial charge in [0.05, 0.1) is 30.5 Å². The molecule has 0 radical (unpaired) electrons. The summed E-state index contributed by atoms with van der Waals surface area (Å²) in [5.74, 6) is 0.479. The zero-order valence-corrected chi connectivity index (χ0v) is 20.7. The molecule has 0 spiro atoms. The molecule has 2 heterocycles. The van der Waals surface area contributed by atoms with Gasteiger partial charge in [0, 0.05) is 38.4 Å². The highest BCUT2D eigenvalue weighted by atomic mass is 16.5. The number of benzene rings is 2. The second-order valence-electron chi connectivity index (χ2n) is 8.72. The first-order valence-electron chi connectivity index (χ1n) is 12.2. The Balaban J connectivity index is 1.54. The molecule has 8 nitrogen and oxygen atoms in total. The molecule has 2 amide bonds. The van der Waals surface area contributed by atoms with Crippen LogP contribution in [0.1, 0.15) is 31.0 Å². The number of hydrogen-bond donors (Lipinski definition) is 2. The van der Waals surface area contributed by atoms with Crippen molar-refractivity contribution in [2.45, 2.75) is 26.8 Å². The minimum absolute atomic E-state index is 0.266. The lowest BCUT2D eigenvalue weighted by Crippen LogP contribution is -2.51. The van der Waals surface area contributed by atoms with E-state index in [4.69, 9.17) is 9.47 Å². The maximum atomic E-state index is 13.0. The summed E-state index contributed by atoms with van der Waals surface area (Å²) in [7, 11) is 0. The van der Waals surface area contributed by atoms with E-state index in [0.717, 1.165) is 48.7 Å². The lowest BCUT2D eigenvalue weighted by Gasteiger charge is -2.38. The predicted molar refractivity (Wildman–Crippen MR) is 136 cm³/mol. The van der Waals surface area contributed by atoms with E-state index in [2.05, 4.69) is 26.5 Å². The van der Waals surface area contributed by atoms with Gasteiger partial charge >= 0.3 is 12.0 Å². The molecular formula is C27H34N4O4. The van der Waals surface area contributed by atoms with Crippen molar-refractivity contribution in [3.8, 4) is 5.75 Å². The third-order valence-corrected chi connectivity index (χ3v) is 6.32. The third kappa shape index (κ3) is 5.77. The number of anilines is 1. The third-order valence-electron chi connectivity index (χ3n) is 6.32. The maximum Gasteiger partial charge on any atom is 0.338 e. The van der Waals surface area contributed by atoms with Gasteiger partial charge in [0.25, 0.3) is 0 Å². The van der Waals surface area contributed by atoms with Crippen molar-refractivity contribution in [2.24, 2.45) is 0 Å². The van der Waals surface area contributed by atoms with Gasteiger partial charge in [-0.1, -0.05) is 42.0 Å². The van der Waals surface area contributed by atoms with Crippen LogP contribution in [0.5, 0.6) is 5.75 Å². The van der Waals surface area contributed by atoms with Crippen molar-refractivity contribution in [3.63, 3.8) is 0 Å². The Hall–Kier alpha value is -3.52. The number of para-hydroxylation sites is 2. The number of nitrogens with one attached hydrogen (secondary N) is 2. The minimum atomic E-state index is -0.558. The molecule has 8 heteroatoms. The standard InChI is InChI=1S/C27H34N4O4/c1-4-34-23-9-7-6-8-22(23)31-16-14-30(15-17-31)18-21-24(26(32)35-5-2)25(29-27(33)28-21)20-12-10-19(3)11-13-20/h6-13,25H,4-5,14-18H2,1-3H3,(H2,28,29,33). The first kappa shape index (κ1) is 24.6. The fraction of sp³-hybridized carbons (Fsp3) is 0.407. The molecule has 2 aromatic rings. The number of carbonyl (C=O) groups is 2. The molecule has 0 aromatic heterocycles. The molecule has 2 N–H and O–H groups in total. The molecular weight excluding hydrogens is 444 g/mol. The number of urea groups is 1. The quantitative estimate of drug-likeness (QED) is 0.566. The van der Waals surface area contributed by atoms with Crippen molar-refractivity contribution < 1.29 is 19.1 Å². The number of nitrogens with zero attached hydrogens (tertiary/aromatic N) is 2. The van der Waals surface area contributed by atoms with Crippen molar-refractivity contribution in [1.29, 1.82) is 0 Å². The summed E-state index contributed by atoms with van der Waals surface area (Å²) in [5.41, 5.74) is 4.11. The van der Waals surface area contributed by atoms with Crippen LogP contribution in [0.4, 0.5) is 10.5 Å². The smallest absolute Gasteiger partial charge is 0.338 e. The van der Waals surface area contributed by atoms with Crippen molar-refractivity contribution in [3.05, 3.63) is 70.9 Å². The van der Waals surface area contributed by atoms with Gasteiger partial charge in [0.1, 0.15) is 5.75 Å². The molecule has 186 valence electrons. The molecule has 2 aliphatic rings. The molecule has 0 aliphatic carbocycles. The highest BCUT2D eigenvalue weighted by Crippen LogP contribution is 2.30. The van der Waals surface area contributed by atoms with Crippen molar-refractivity contribution in [2.75, 3.05) is 50.8 Å². The molecule has 1 fully saturated rings. The predicted octanol–water partition coefficient (Wildman–Crippen LogP) is 3.39. The van der Waals surface area contributed by atoms with Crippen LogP contribution in [0.25, 0.3) is 0 Å². The average molecular weight is 479 g/mol. The lowest BCUT2D eigenvalue weighted by atomic mass is 9.94. The van der Waals surface area contributed by atoms with Gasteiger partial charge in [-0.2, -0.15) is 0 Å². The average Bonchev–Trinajstić information content (AvgIpc) is 2.85. The van der Waals surface area contributed by atoms with E-state index < -0.39 is 12.0 Å². The Morgan fingerprint density at radius 3 is 2.40 bits per heavy atom. The van der Waals surface area contributed by atoms with E-state index in [9.17, 15) is 9.59 Å². The fourth-order valence-electron chi connectivity index (χ4n) is 4.57. The zero-order valence-electron chi connectivity index (χ0n) is 20.7. The van der Waals surface area contributed by atoms with Gasteiger partial charge in [-0.25, -0.2) is 9.59 Å². The highest BCUT2D eigenvalue weighted by Gasteiger charge is 2.34. The highest BCUT2D eigenvalue weighted by molar-refractivity contribution is 5.95. The largest absolute Gasteiger partial charge is 0.492 e. The minimum Gasteiger partial charge on any atom is -0.492 e. The van der Waals surface area contributed by atoms with Crippen LogP contribution in [-0.2, 0) is 9.53 Å². The van der Waals surface area contributed by atoms with Gasteiger partial charge in [-0.15, -0.1) is 0 Å². The Morgan fingerprint density at radius 1 is 1.00 bits per heavy atom. The second-order valence-corrected chi connectivity index (χ2v) is 8.72. The summed E-state index contributed by atoms with van der Waals surface area (Å²) in [4.78, 5) is 30.2. The van der Waals surface area contributed by atoms with E-state index in [1.54, 1.807) is 6.92 Å². The second kappa shape index (κ2) is 11.3. The maximum absolute atomic E-state index is 13.0. The Labute approximate surface area is 206 Å². The number of ether oxygens (including phenoxy) is 2. The van der Waals surface area contributed by atoms with Gasteiger partial charge in [-0.05, 0) is 38.5 Å². The van der Waals surface area contributed by atoms with Crippen LogP contribution in [0, 0.1) is 6.92 Å². The topological polar surface area (TPSA) is 83.1 Å². The molecule has 4 rings (SSSR count). The van der Waals surface area contributed by atoms with Crippen LogP contribution in [-0.4, -0.2) is 62.8 Å². The summed E-state index contributed by atoms with van der Waals surface area (Å²) < 4.78 is 11.2. The van der Waals surface area contributed by atoms with Gasteiger partial charge < -0.3 is 25.0 Å². The van der Waals surface area contributed by atoms with E-state index >= 15 is 0 Å². The first-order valence-corrected chi connectivity index (χ1v) is 12.2. The molecule has 1 unspecified atom stereocenters. The number of amides is 2. The fourth-order valence-corrected chi connectivity index (χ4v) is 4.57. The summed E-state index contributed by atoms with van der Waals surface area (Å²) in [6.45, 7) is 10.3. The molecule has 0 saturated carbocycles. The lowest BCUT2D eigenvalue weighted by molar-refractivity contribution is -0.139. The van der Waals surface area contributed by atoms with Gasteiger partial charge in [-0.3, -0.25) is 4.90 Å². The summed E-state index contributed by atoms with van der Waals surface area (Å²) in [6.07, 6.45) is 0. The van der Waals surface area contributed by atoms with E-state index in [1.165, 1.54) is 0 Å². The van der Waals surface area contributed by atoms with Crippen LogP contribution in [0.3, 0.4) is 0 Å². The van der Waals surface area contributed by atoms with E-state index in [1.807, 2.05) is 56.3 Å². The first-order chi connectivity index (χ1) is 17.0. The SMILES string of the molecule is CCOC(=O)C1=C(CN2CCN(c3ccccc3OCC)CC2)NC(=O)NC1c1ccc(C)cc1. The number of hydrogen-bond acceptors (Lipinski definition) is 6.